The molecule has 0 bridgehead atoms. The first-order valence-corrected chi connectivity index (χ1v) is 13.2. The van der Waals surface area contributed by atoms with Crippen LogP contribution in [0.5, 0.6) is 5.75 Å². The Hall–Kier alpha value is -2.52. The van der Waals surface area contributed by atoms with Crippen LogP contribution in [0.4, 0.5) is 4.39 Å². The number of benzene rings is 2. The minimum absolute atomic E-state index is 0.0758. The van der Waals surface area contributed by atoms with Gasteiger partial charge in [0.1, 0.15) is 23.8 Å². The van der Waals surface area contributed by atoms with E-state index in [2.05, 4.69) is 11.4 Å². The summed E-state index contributed by atoms with van der Waals surface area (Å²) >= 11 is 0. The van der Waals surface area contributed by atoms with Crippen molar-refractivity contribution in [2.24, 2.45) is 5.92 Å². The standard InChI is InChI=1S/C29H39FN2O5/c1-35-13-3-4-21-16-22(18-26(17-21)37-15-14-36-2)20-32(25-9-10-25)28(33)27-19-31-12-11-29(27,34)23-5-7-24(30)8-6-23/h5-8,16-18,25,27,31,34H,3-4,9-15,19-20H2,1-2H3. The molecule has 2 N–H and O–H groups in total. The van der Waals surface area contributed by atoms with Crippen LogP contribution >= 0.6 is 0 Å². The molecule has 0 spiro atoms. The predicted octanol–water partition coefficient (Wildman–Crippen LogP) is 3.42. The van der Waals surface area contributed by atoms with Gasteiger partial charge < -0.3 is 29.5 Å². The number of nitrogens with one attached hydrogen (secondary N) is 1. The van der Waals surface area contributed by atoms with E-state index in [1.54, 1.807) is 26.4 Å². The highest BCUT2D eigenvalue weighted by Gasteiger charge is 2.48. The highest BCUT2D eigenvalue weighted by molar-refractivity contribution is 5.81. The number of aryl methyl sites for hydroxylation is 1. The molecule has 1 saturated carbocycles. The SMILES string of the molecule is COCCCc1cc(CN(C(=O)C2CNCCC2(O)c2ccc(F)cc2)C2CC2)cc(OCCOC)c1. The predicted molar refractivity (Wildman–Crippen MR) is 139 cm³/mol. The zero-order chi connectivity index (χ0) is 26.3. The maximum Gasteiger partial charge on any atom is 0.230 e. The fraction of sp³-hybridized carbons (Fsp3) is 0.552. The molecule has 7 nitrogen and oxygen atoms in total. The summed E-state index contributed by atoms with van der Waals surface area (Å²) in [5.41, 5.74) is 1.36. The van der Waals surface area contributed by atoms with E-state index < -0.39 is 11.5 Å². The zero-order valence-electron chi connectivity index (χ0n) is 21.9. The van der Waals surface area contributed by atoms with Crippen LogP contribution in [0.1, 0.15) is 42.4 Å². The summed E-state index contributed by atoms with van der Waals surface area (Å²) in [5, 5.41) is 15.0. The number of carbonyl (C=O) groups excluding carboxylic acids is 1. The molecular weight excluding hydrogens is 475 g/mol. The third kappa shape index (κ3) is 7.08. The monoisotopic (exact) mass is 514 g/mol. The first-order chi connectivity index (χ1) is 17.9. The third-order valence-corrected chi connectivity index (χ3v) is 7.27. The third-order valence-electron chi connectivity index (χ3n) is 7.27. The lowest BCUT2D eigenvalue weighted by atomic mass is 9.75. The van der Waals surface area contributed by atoms with Crippen molar-refractivity contribution in [3.05, 3.63) is 65.0 Å². The van der Waals surface area contributed by atoms with Gasteiger partial charge >= 0.3 is 0 Å². The molecule has 2 aliphatic rings. The molecule has 2 atom stereocenters. The molecule has 0 radical (unpaired) electrons. The van der Waals surface area contributed by atoms with Crippen molar-refractivity contribution < 1.29 is 28.5 Å². The Morgan fingerprint density at radius 2 is 1.81 bits per heavy atom. The van der Waals surface area contributed by atoms with Crippen LogP contribution in [0, 0.1) is 11.7 Å². The average Bonchev–Trinajstić information content (AvgIpc) is 3.73. The molecule has 202 valence electrons. The van der Waals surface area contributed by atoms with Crippen LogP contribution in [0.25, 0.3) is 0 Å². The van der Waals surface area contributed by atoms with Gasteiger partial charge in [-0.25, -0.2) is 4.39 Å². The summed E-state index contributed by atoms with van der Waals surface area (Å²) in [7, 11) is 3.34. The molecule has 8 heteroatoms. The van der Waals surface area contributed by atoms with Crippen LogP contribution in [0.15, 0.2) is 42.5 Å². The van der Waals surface area contributed by atoms with Gasteiger partial charge in [-0.05, 0) is 79.6 Å². The van der Waals surface area contributed by atoms with Gasteiger partial charge in [-0.1, -0.05) is 18.2 Å². The summed E-state index contributed by atoms with van der Waals surface area (Å²) in [6, 6.07) is 12.2. The first kappa shape index (κ1) is 27.5. The first-order valence-electron chi connectivity index (χ1n) is 13.2. The van der Waals surface area contributed by atoms with Crippen molar-refractivity contribution in [3.63, 3.8) is 0 Å². The molecule has 0 aromatic heterocycles. The second-order valence-electron chi connectivity index (χ2n) is 10.1. The number of ether oxygens (including phenoxy) is 3. The molecular formula is C29H39FN2O5. The molecule has 1 heterocycles. The molecule has 2 aromatic rings. The highest BCUT2D eigenvalue weighted by Crippen LogP contribution is 2.39. The summed E-state index contributed by atoms with van der Waals surface area (Å²) in [5.74, 6) is -0.340. The highest BCUT2D eigenvalue weighted by atomic mass is 19.1. The summed E-state index contributed by atoms with van der Waals surface area (Å²) in [6.45, 7) is 3.02. The lowest BCUT2D eigenvalue weighted by Gasteiger charge is -2.42. The van der Waals surface area contributed by atoms with Crippen LogP contribution in [-0.4, -0.2) is 69.1 Å². The molecule has 1 aliphatic carbocycles. The van der Waals surface area contributed by atoms with Gasteiger partial charge in [0.25, 0.3) is 0 Å². The Bertz CT molecular complexity index is 1000. The van der Waals surface area contributed by atoms with E-state index in [4.69, 9.17) is 14.2 Å². The fourth-order valence-electron chi connectivity index (χ4n) is 5.13. The van der Waals surface area contributed by atoms with Crippen molar-refractivity contribution in [2.45, 2.75) is 50.3 Å². The Kier molecular flexibility index (Phi) is 9.54. The number of nitrogens with zero attached hydrogens (tertiary/aromatic N) is 1. The van der Waals surface area contributed by atoms with E-state index in [1.807, 2.05) is 17.0 Å². The lowest BCUT2D eigenvalue weighted by Crippen LogP contribution is -2.55. The number of methoxy groups -OCH3 is 2. The van der Waals surface area contributed by atoms with Gasteiger partial charge in [0, 0.05) is 40.0 Å². The number of hydrogen-bond donors (Lipinski definition) is 2. The Balaban J connectivity index is 1.57. The minimum atomic E-state index is -1.35. The largest absolute Gasteiger partial charge is 0.491 e. The molecule has 4 rings (SSSR count). The van der Waals surface area contributed by atoms with Gasteiger partial charge in [-0.2, -0.15) is 0 Å². The second kappa shape index (κ2) is 12.8. The smallest absolute Gasteiger partial charge is 0.230 e. The Morgan fingerprint density at radius 1 is 1.08 bits per heavy atom. The molecule has 2 unspecified atom stereocenters. The van der Waals surface area contributed by atoms with Crippen molar-refractivity contribution in [1.29, 1.82) is 0 Å². The average molecular weight is 515 g/mol. The van der Waals surface area contributed by atoms with E-state index in [-0.39, 0.29) is 17.8 Å². The van der Waals surface area contributed by atoms with Crippen molar-refractivity contribution in [3.8, 4) is 5.75 Å². The molecule has 1 saturated heterocycles. The lowest BCUT2D eigenvalue weighted by molar-refractivity contribution is -0.150. The number of halogens is 1. The number of hydrogen-bond acceptors (Lipinski definition) is 6. The van der Waals surface area contributed by atoms with Gasteiger partial charge in [-0.3, -0.25) is 4.79 Å². The number of amides is 1. The Labute approximate surface area is 218 Å². The van der Waals surface area contributed by atoms with Gasteiger partial charge in [0.15, 0.2) is 0 Å². The number of carbonyl (C=O) groups is 1. The van der Waals surface area contributed by atoms with E-state index >= 15 is 0 Å². The molecule has 1 aliphatic heterocycles. The number of aliphatic hydroxyl groups is 1. The van der Waals surface area contributed by atoms with Crippen LogP contribution in [0.3, 0.4) is 0 Å². The van der Waals surface area contributed by atoms with Gasteiger partial charge in [0.2, 0.25) is 5.91 Å². The normalized spacial score (nSPS) is 21.6. The van der Waals surface area contributed by atoms with E-state index in [9.17, 15) is 14.3 Å². The molecule has 2 aromatic carbocycles. The van der Waals surface area contributed by atoms with Crippen LogP contribution < -0.4 is 10.1 Å². The second-order valence-corrected chi connectivity index (χ2v) is 10.1. The molecule has 2 fully saturated rings. The van der Waals surface area contributed by atoms with Crippen molar-refractivity contribution >= 4 is 5.91 Å². The number of piperidine rings is 1. The Morgan fingerprint density at radius 3 is 2.51 bits per heavy atom. The molecule has 37 heavy (non-hydrogen) atoms. The van der Waals surface area contributed by atoms with Crippen LogP contribution in [0.2, 0.25) is 0 Å². The summed E-state index contributed by atoms with van der Waals surface area (Å²) in [6.07, 6.45) is 4.02. The quantitative estimate of drug-likeness (QED) is 0.399. The minimum Gasteiger partial charge on any atom is -0.491 e. The van der Waals surface area contributed by atoms with Gasteiger partial charge in [0.05, 0.1) is 12.5 Å². The summed E-state index contributed by atoms with van der Waals surface area (Å²) < 4.78 is 29.9. The van der Waals surface area contributed by atoms with E-state index in [1.165, 1.54) is 12.1 Å². The van der Waals surface area contributed by atoms with Crippen LogP contribution in [-0.2, 0) is 32.8 Å². The number of rotatable bonds is 13. The van der Waals surface area contributed by atoms with Crippen molar-refractivity contribution in [2.75, 3.05) is 47.1 Å². The van der Waals surface area contributed by atoms with E-state index in [0.717, 1.165) is 42.6 Å². The summed E-state index contributed by atoms with van der Waals surface area (Å²) in [4.78, 5) is 15.9. The maximum absolute atomic E-state index is 14.0. The fourth-order valence-corrected chi connectivity index (χ4v) is 5.13. The maximum atomic E-state index is 14.0. The van der Waals surface area contributed by atoms with E-state index in [0.29, 0.717) is 51.4 Å². The molecule has 1 amide bonds. The van der Waals surface area contributed by atoms with Gasteiger partial charge in [-0.15, -0.1) is 0 Å². The van der Waals surface area contributed by atoms with Crippen molar-refractivity contribution in [1.82, 2.24) is 10.2 Å². The topological polar surface area (TPSA) is 80.3 Å². The zero-order valence-corrected chi connectivity index (χ0v) is 21.9.